The van der Waals surface area contributed by atoms with E-state index in [1.165, 1.54) is 18.7 Å². The number of aliphatic hydroxyl groups is 1. The molecule has 0 aromatic heterocycles. The largest absolute Gasteiger partial charge is 0.480 e. The lowest BCUT2D eigenvalue weighted by atomic mass is 10.0. The van der Waals surface area contributed by atoms with Gasteiger partial charge >= 0.3 is 5.97 Å². The quantitative estimate of drug-likeness (QED) is 0.222. The van der Waals surface area contributed by atoms with Crippen LogP contribution in [0, 0.1) is 5.92 Å². The van der Waals surface area contributed by atoms with Crippen LogP contribution < -0.4 is 21.7 Å². The maximum atomic E-state index is 12.6. The number of rotatable bonds is 12. The summed E-state index contributed by atoms with van der Waals surface area (Å²) in [6, 6.07) is -4.17. The van der Waals surface area contributed by atoms with Gasteiger partial charge in [-0.2, -0.15) is 11.8 Å². The summed E-state index contributed by atoms with van der Waals surface area (Å²) in [5.74, 6) is -2.82. The highest BCUT2D eigenvalue weighted by Gasteiger charge is 2.30. The first-order chi connectivity index (χ1) is 12.5. The van der Waals surface area contributed by atoms with Gasteiger partial charge in [0.25, 0.3) is 0 Å². The summed E-state index contributed by atoms with van der Waals surface area (Å²) >= 11 is 1.47. The number of hydrogen-bond donors (Lipinski definition) is 6. The van der Waals surface area contributed by atoms with E-state index >= 15 is 0 Å². The van der Waals surface area contributed by atoms with Gasteiger partial charge in [0, 0.05) is 0 Å². The first kappa shape index (κ1) is 25.1. The smallest absolute Gasteiger partial charge is 0.325 e. The molecule has 0 aromatic carbocycles. The van der Waals surface area contributed by atoms with Crippen molar-refractivity contribution in [1.29, 1.82) is 0 Å². The first-order valence-electron chi connectivity index (χ1n) is 8.54. The van der Waals surface area contributed by atoms with Crippen molar-refractivity contribution in [1.82, 2.24) is 16.0 Å². The van der Waals surface area contributed by atoms with E-state index in [1.54, 1.807) is 13.8 Å². The summed E-state index contributed by atoms with van der Waals surface area (Å²) < 4.78 is 0. The molecule has 0 bridgehead atoms. The summed E-state index contributed by atoms with van der Waals surface area (Å²) in [5.41, 5.74) is 5.45. The molecule has 0 fully saturated rings. The zero-order valence-corrected chi connectivity index (χ0v) is 16.8. The predicted molar refractivity (Wildman–Crippen MR) is 102 cm³/mol. The molecule has 0 saturated carbocycles. The average molecular weight is 407 g/mol. The molecule has 0 heterocycles. The minimum atomic E-state index is -1.19. The molecular weight excluding hydrogens is 376 g/mol. The zero-order chi connectivity index (χ0) is 21.1. The highest BCUT2D eigenvalue weighted by Crippen LogP contribution is 2.06. The van der Waals surface area contributed by atoms with Crippen molar-refractivity contribution >= 4 is 35.5 Å². The fourth-order valence-corrected chi connectivity index (χ4v) is 2.49. The van der Waals surface area contributed by atoms with Crippen molar-refractivity contribution < 1.29 is 29.4 Å². The third-order valence-corrected chi connectivity index (χ3v) is 4.40. The molecule has 4 unspecified atom stereocenters. The highest BCUT2D eigenvalue weighted by atomic mass is 32.2. The van der Waals surface area contributed by atoms with Gasteiger partial charge < -0.3 is 31.9 Å². The Hall–Kier alpha value is -1.85. The number of carbonyl (C=O) groups excluding carboxylic acids is 3. The van der Waals surface area contributed by atoms with Crippen LogP contribution in [0.3, 0.4) is 0 Å². The van der Waals surface area contributed by atoms with Crippen molar-refractivity contribution in [2.45, 2.75) is 51.4 Å². The molecule has 4 atom stereocenters. The minimum absolute atomic E-state index is 0.292. The Morgan fingerprint density at radius 2 is 1.59 bits per heavy atom. The maximum Gasteiger partial charge on any atom is 0.325 e. The highest BCUT2D eigenvalue weighted by molar-refractivity contribution is 7.98. The lowest BCUT2D eigenvalue weighted by molar-refractivity contribution is -0.141. The number of carboxylic acids is 1. The van der Waals surface area contributed by atoms with Crippen LogP contribution in [0.15, 0.2) is 0 Å². The van der Waals surface area contributed by atoms with Crippen LogP contribution in [0.25, 0.3) is 0 Å². The monoisotopic (exact) mass is 406 g/mol. The maximum absolute atomic E-state index is 12.6. The van der Waals surface area contributed by atoms with E-state index in [0.717, 1.165) is 0 Å². The molecule has 156 valence electrons. The normalized spacial score (nSPS) is 15.4. The van der Waals surface area contributed by atoms with Crippen LogP contribution in [0.1, 0.15) is 27.2 Å². The lowest BCUT2D eigenvalue weighted by Crippen LogP contribution is -2.58. The van der Waals surface area contributed by atoms with E-state index in [4.69, 9.17) is 15.9 Å². The first-order valence-corrected chi connectivity index (χ1v) is 9.93. The number of hydrogen-bond acceptors (Lipinski definition) is 7. The van der Waals surface area contributed by atoms with Gasteiger partial charge in [0.15, 0.2) is 0 Å². The van der Waals surface area contributed by atoms with E-state index in [0.29, 0.717) is 12.2 Å². The molecule has 27 heavy (non-hydrogen) atoms. The van der Waals surface area contributed by atoms with Gasteiger partial charge in [0.05, 0.1) is 6.61 Å². The van der Waals surface area contributed by atoms with Gasteiger partial charge in [-0.15, -0.1) is 0 Å². The Bertz CT molecular complexity index is 531. The van der Waals surface area contributed by atoms with Crippen LogP contribution in [0.5, 0.6) is 0 Å². The fraction of sp³-hybridized carbons (Fsp3) is 0.750. The molecule has 0 aliphatic rings. The van der Waals surface area contributed by atoms with Crippen molar-refractivity contribution in [3.63, 3.8) is 0 Å². The van der Waals surface area contributed by atoms with Crippen LogP contribution in [-0.2, 0) is 19.2 Å². The second-order valence-electron chi connectivity index (χ2n) is 6.43. The van der Waals surface area contributed by atoms with Crippen LogP contribution in [0.2, 0.25) is 0 Å². The third kappa shape index (κ3) is 9.07. The van der Waals surface area contributed by atoms with Crippen LogP contribution >= 0.6 is 11.8 Å². The molecule has 0 aliphatic carbocycles. The number of aliphatic carboxylic acids is 1. The molecular formula is C16H30N4O6S. The van der Waals surface area contributed by atoms with Crippen molar-refractivity contribution in [3.05, 3.63) is 0 Å². The number of nitrogens with two attached hydrogens (primary N) is 1. The van der Waals surface area contributed by atoms with Gasteiger partial charge in [0.1, 0.15) is 24.2 Å². The standard InChI is InChI=1S/C16H30N4O6S/c1-8(2)12(20-13(22)10(17)7-21)15(24)19-11(5-6-27-4)14(23)18-9(3)16(25)26/h8-12,21H,5-7,17H2,1-4H3,(H,18,23)(H,19,24)(H,20,22)(H,25,26). The van der Waals surface area contributed by atoms with Gasteiger partial charge in [0.2, 0.25) is 17.7 Å². The molecule has 0 spiro atoms. The fourth-order valence-electron chi connectivity index (χ4n) is 2.02. The number of carbonyl (C=O) groups is 4. The lowest BCUT2D eigenvalue weighted by Gasteiger charge is -2.26. The molecule has 3 amide bonds. The molecule has 0 saturated heterocycles. The number of amides is 3. The predicted octanol–water partition coefficient (Wildman–Crippen LogP) is -1.73. The van der Waals surface area contributed by atoms with Gasteiger partial charge in [-0.3, -0.25) is 19.2 Å². The molecule has 0 radical (unpaired) electrons. The Morgan fingerprint density at radius 3 is 2.04 bits per heavy atom. The van der Waals surface area contributed by atoms with E-state index in [-0.39, 0.29) is 5.92 Å². The second kappa shape index (κ2) is 12.5. The van der Waals surface area contributed by atoms with Crippen molar-refractivity contribution in [2.75, 3.05) is 18.6 Å². The topological polar surface area (TPSA) is 171 Å². The molecule has 0 aliphatic heterocycles. The SMILES string of the molecule is CSCCC(NC(=O)C(NC(=O)C(N)CO)C(C)C)C(=O)NC(C)C(=O)O. The average Bonchev–Trinajstić information content (AvgIpc) is 2.61. The zero-order valence-electron chi connectivity index (χ0n) is 16.0. The van der Waals surface area contributed by atoms with Crippen LogP contribution in [0.4, 0.5) is 0 Å². The number of thioether (sulfide) groups is 1. The molecule has 10 nitrogen and oxygen atoms in total. The van der Waals surface area contributed by atoms with Crippen LogP contribution in [-0.4, -0.2) is 76.7 Å². The minimum Gasteiger partial charge on any atom is -0.480 e. The van der Waals surface area contributed by atoms with Crippen molar-refractivity contribution in [3.8, 4) is 0 Å². The second-order valence-corrected chi connectivity index (χ2v) is 7.42. The van der Waals surface area contributed by atoms with E-state index < -0.39 is 54.5 Å². The van der Waals surface area contributed by atoms with Gasteiger partial charge in [-0.05, 0) is 31.3 Å². The summed E-state index contributed by atoms with van der Waals surface area (Å²) in [6.07, 6.45) is 2.13. The van der Waals surface area contributed by atoms with E-state index in [2.05, 4.69) is 16.0 Å². The number of carboxylic acid groups (broad SMARTS) is 1. The van der Waals surface area contributed by atoms with Gasteiger partial charge in [-0.1, -0.05) is 13.8 Å². The molecule has 0 aromatic rings. The van der Waals surface area contributed by atoms with E-state index in [1.807, 2.05) is 6.26 Å². The van der Waals surface area contributed by atoms with Crippen molar-refractivity contribution in [2.24, 2.45) is 11.7 Å². The molecule has 11 heteroatoms. The summed E-state index contributed by atoms with van der Waals surface area (Å²) in [6.45, 7) is 4.17. The third-order valence-electron chi connectivity index (χ3n) is 3.75. The molecule has 0 rings (SSSR count). The molecule has 7 N–H and O–H groups in total. The Balaban J connectivity index is 5.17. The summed E-state index contributed by atoms with van der Waals surface area (Å²) in [5, 5.41) is 25.2. The summed E-state index contributed by atoms with van der Waals surface area (Å²) in [7, 11) is 0. The Labute approximate surface area is 163 Å². The van der Waals surface area contributed by atoms with E-state index in [9.17, 15) is 19.2 Å². The summed E-state index contributed by atoms with van der Waals surface area (Å²) in [4.78, 5) is 47.7. The Morgan fingerprint density at radius 1 is 1.00 bits per heavy atom. The Kier molecular flexibility index (Phi) is 11.7. The van der Waals surface area contributed by atoms with Gasteiger partial charge in [-0.25, -0.2) is 0 Å². The number of aliphatic hydroxyl groups excluding tert-OH is 1. The number of nitrogens with one attached hydrogen (secondary N) is 3.